The van der Waals surface area contributed by atoms with E-state index in [0.29, 0.717) is 19.3 Å². The van der Waals surface area contributed by atoms with Crippen molar-refractivity contribution in [1.29, 1.82) is 0 Å². The second kappa shape index (κ2) is 11.1. The third kappa shape index (κ3) is 6.25. The van der Waals surface area contributed by atoms with Gasteiger partial charge in [-0.25, -0.2) is 0 Å². The third-order valence-electron chi connectivity index (χ3n) is 5.58. The average Bonchev–Trinajstić information content (AvgIpc) is 2.80. The van der Waals surface area contributed by atoms with Crippen LogP contribution >= 0.6 is 0 Å². The minimum absolute atomic E-state index is 0.167. The molecule has 5 nitrogen and oxygen atoms in total. The van der Waals surface area contributed by atoms with Crippen LogP contribution in [-0.2, 0) is 22.4 Å². The van der Waals surface area contributed by atoms with Crippen molar-refractivity contribution in [2.24, 2.45) is 17.6 Å². The Morgan fingerprint density at radius 3 is 2.10 bits per heavy atom. The van der Waals surface area contributed by atoms with Crippen molar-refractivity contribution in [3.8, 4) is 0 Å². The summed E-state index contributed by atoms with van der Waals surface area (Å²) in [5, 5.41) is 3.19. The first kappa shape index (κ1) is 22.2. The lowest BCUT2D eigenvalue weighted by molar-refractivity contribution is -0.134. The maximum absolute atomic E-state index is 13.5. The highest BCUT2D eigenvalue weighted by molar-refractivity contribution is 5.87. The largest absolute Gasteiger partial charge is 0.369 e. The van der Waals surface area contributed by atoms with Gasteiger partial charge in [0, 0.05) is 24.2 Å². The normalized spacial score (nSPS) is 13.7. The van der Waals surface area contributed by atoms with Crippen LogP contribution < -0.4 is 11.1 Å². The molecule has 2 amide bonds. The number of hydrogen-bond acceptors (Lipinski definition) is 3. The highest BCUT2D eigenvalue weighted by Gasteiger charge is 2.32. The number of amides is 2. The van der Waals surface area contributed by atoms with Crippen LogP contribution in [-0.4, -0.2) is 16.8 Å². The predicted octanol–water partition coefficient (Wildman–Crippen LogP) is 3.85. The van der Waals surface area contributed by atoms with Gasteiger partial charge < -0.3 is 11.1 Å². The lowest BCUT2D eigenvalue weighted by Gasteiger charge is -2.27. The molecule has 0 saturated heterocycles. The molecular weight excluding hydrogens is 386 g/mol. The van der Waals surface area contributed by atoms with Crippen LogP contribution in [0.4, 0.5) is 0 Å². The number of aromatic nitrogens is 1. The molecular formula is C26H29N3O2. The van der Waals surface area contributed by atoms with Gasteiger partial charge in [0.1, 0.15) is 0 Å². The first-order valence-electron chi connectivity index (χ1n) is 10.7. The zero-order valence-corrected chi connectivity index (χ0v) is 17.8. The average molecular weight is 416 g/mol. The van der Waals surface area contributed by atoms with Gasteiger partial charge in [-0.1, -0.05) is 73.7 Å². The molecule has 0 aliphatic carbocycles. The van der Waals surface area contributed by atoms with E-state index in [1.54, 1.807) is 6.20 Å². The zero-order chi connectivity index (χ0) is 22.1. The summed E-state index contributed by atoms with van der Waals surface area (Å²) in [6.07, 6.45) is 3.27. The standard InChI is InChI=1S/C26H29N3O2/c1-2-22(25(27)30)23(17-19-11-5-3-6-12-19)26(31)29-24(20-13-7-4-8-14-20)18-21-15-9-10-16-28-21/h3-16,22-24H,2,17-18H2,1H3,(H2,27,30)(H,29,31)/t22?,23-,24?/m0/s1. The van der Waals surface area contributed by atoms with Gasteiger partial charge in [0.2, 0.25) is 11.8 Å². The quantitative estimate of drug-likeness (QED) is 0.527. The van der Waals surface area contributed by atoms with E-state index in [1.807, 2.05) is 85.8 Å². The van der Waals surface area contributed by atoms with Gasteiger partial charge in [-0.3, -0.25) is 14.6 Å². The van der Waals surface area contributed by atoms with E-state index >= 15 is 0 Å². The molecule has 1 aromatic heterocycles. The number of nitrogens with zero attached hydrogens (tertiary/aromatic N) is 1. The van der Waals surface area contributed by atoms with Crippen molar-refractivity contribution >= 4 is 11.8 Å². The summed E-state index contributed by atoms with van der Waals surface area (Å²) in [4.78, 5) is 30.1. The topological polar surface area (TPSA) is 85.1 Å². The molecule has 0 spiro atoms. The maximum atomic E-state index is 13.5. The number of nitrogens with two attached hydrogens (primary N) is 1. The summed E-state index contributed by atoms with van der Waals surface area (Å²) in [6.45, 7) is 1.89. The number of hydrogen-bond donors (Lipinski definition) is 2. The number of pyridine rings is 1. The van der Waals surface area contributed by atoms with Gasteiger partial charge in [0.25, 0.3) is 0 Å². The van der Waals surface area contributed by atoms with Gasteiger partial charge >= 0.3 is 0 Å². The number of carbonyl (C=O) groups is 2. The second-order valence-corrected chi connectivity index (χ2v) is 7.71. The van der Waals surface area contributed by atoms with Gasteiger partial charge in [0.05, 0.1) is 12.0 Å². The Balaban J connectivity index is 1.87. The molecule has 3 rings (SSSR count). The number of benzene rings is 2. The van der Waals surface area contributed by atoms with Crippen LogP contribution in [0.5, 0.6) is 0 Å². The van der Waals surface area contributed by atoms with Crippen molar-refractivity contribution < 1.29 is 9.59 Å². The molecule has 0 aliphatic rings. The molecule has 3 N–H and O–H groups in total. The van der Waals surface area contributed by atoms with E-state index in [-0.39, 0.29) is 11.9 Å². The smallest absolute Gasteiger partial charge is 0.224 e. The number of carbonyl (C=O) groups excluding carboxylic acids is 2. The van der Waals surface area contributed by atoms with Crippen molar-refractivity contribution in [2.45, 2.75) is 32.2 Å². The van der Waals surface area contributed by atoms with Crippen molar-refractivity contribution in [3.63, 3.8) is 0 Å². The predicted molar refractivity (Wildman–Crippen MR) is 122 cm³/mol. The summed E-state index contributed by atoms with van der Waals surface area (Å²) in [5.41, 5.74) is 8.56. The molecule has 0 saturated carbocycles. The van der Waals surface area contributed by atoms with Crippen LogP contribution in [0, 0.1) is 11.8 Å². The molecule has 3 atom stereocenters. The van der Waals surface area contributed by atoms with E-state index in [0.717, 1.165) is 16.8 Å². The Hall–Kier alpha value is -3.47. The number of nitrogens with one attached hydrogen (secondary N) is 1. The Morgan fingerprint density at radius 2 is 1.52 bits per heavy atom. The van der Waals surface area contributed by atoms with Gasteiger partial charge in [-0.15, -0.1) is 0 Å². The minimum Gasteiger partial charge on any atom is -0.369 e. The SMILES string of the molecule is CCC(C(N)=O)[C@H](Cc1ccccc1)C(=O)NC(Cc1ccccn1)c1ccccc1. The Kier molecular flexibility index (Phi) is 7.93. The van der Waals surface area contributed by atoms with Crippen LogP contribution in [0.25, 0.3) is 0 Å². The van der Waals surface area contributed by atoms with Gasteiger partial charge in [-0.05, 0) is 36.1 Å². The first-order chi connectivity index (χ1) is 15.1. The summed E-state index contributed by atoms with van der Waals surface area (Å²) in [6, 6.07) is 25.1. The van der Waals surface area contributed by atoms with Crippen molar-refractivity contribution in [3.05, 3.63) is 102 Å². The molecule has 31 heavy (non-hydrogen) atoms. The third-order valence-corrected chi connectivity index (χ3v) is 5.58. The molecule has 2 unspecified atom stereocenters. The summed E-state index contributed by atoms with van der Waals surface area (Å²) in [7, 11) is 0. The molecule has 1 heterocycles. The Bertz CT molecular complexity index is 962. The van der Waals surface area contributed by atoms with E-state index in [9.17, 15) is 9.59 Å². The van der Waals surface area contributed by atoms with Crippen molar-refractivity contribution in [2.75, 3.05) is 0 Å². The molecule has 160 valence electrons. The molecule has 0 bridgehead atoms. The Morgan fingerprint density at radius 1 is 0.871 bits per heavy atom. The van der Waals surface area contributed by atoms with Crippen LogP contribution in [0.15, 0.2) is 85.1 Å². The van der Waals surface area contributed by atoms with Crippen LogP contribution in [0.1, 0.15) is 36.2 Å². The molecule has 0 radical (unpaired) electrons. The fourth-order valence-electron chi connectivity index (χ4n) is 3.91. The Labute approximate surface area is 183 Å². The zero-order valence-electron chi connectivity index (χ0n) is 17.8. The summed E-state index contributed by atoms with van der Waals surface area (Å²) in [5.74, 6) is -1.69. The van der Waals surface area contributed by atoms with Crippen LogP contribution in [0.2, 0.25) is 0 Å². The van der Waals surface area contributed by atoms with E-state index in [1.165, 1.54) is 0 Å². The number of primary amides is 1. The molecule has 0 fully saturated rings. The van der Waals surface area contributed by atoms with Gasteiger partial charge in [-0.2, -0.15) is 0 Å². The maximum Gasteiger partial charge on any atom is 0.224 e. The summed E-state index contributed by atoms with van der Waals surface area (Å²) < 4.78 is 0. The lowest BCUT2D eigenvalue weighted by atomic mass is 9.83. The van der Waals surface area contributed by atoms with Gasteiger partial charge in [0.15, 0.2) is 0 Å². The monoisotopic (exact) mass is 415 g/mol. The van der Waals surface area contributed by atoms with Crippen LogP contribution in [0.3, 0.4) is 0 Å². The van der Waals surface area contributed by atoms with E-state index in [4.69, 9.17) is 5.73 Å². The second-order valence-electron chi connectivity index (χ2n) is 7.71. The highest BCUT2D eigenvalue weighted by atomic mass is 16.2. The fraction of sp³-hybridized carbons (Fsp3) is 0.269. The van der Waals surface area contributed by atoms with E-state index < -0.39 is 17.7 Å². The summed E-state index contributed by atoms with van der Waals surface area (Å²) >= 11 is 0. The van der Waals surface area contributed by atoms with E-state index in [2.05, 4.69) is 10.3 Å². The fourth-order valence-corrected chi connectivity index (χ4v) is 3.91. The number of rotatable bonds is 10. The molecule has 2 aromatic carbocycles. The first-order valence-corrected chi connectivity index (χ1v) is 10.7. The molecule has 0 aliphatic heterocycles. The minimum atomic E-state index is -0.542. The molecule has 3 aromatic rings. The molecule has 5 heteroatoms. The highest BCUT2D eigenvalue weighted by Crippen LogP contribution is 2.24. The lowest BCUT2D eigenvalue weighted by Crippen LogP contribution is -2.43. The van der Waals surface area contributed by atoms with Crippen molar-refractivity contribution in [1.82, 2.24) is 10.3 Å².